The molecule has 152 valence electrons. The predicted octanol–water partition coefficient (Wildman–Crippen LogP) is 4.22. The Kier molecular flexibility index (Phi) is 5.39. The van der Waals surface area contributed by atoms with Gasteiger partial charge >= 0.3 is 0 Å². The number of aryl methyl sites for hydroxylation is 1. The van der Waals surface area contributed by atoms with Crippen molar-refractivity contribution in [1.82, 2.24) is 19.7 Å². The summed E-state index contributed by atoms with van der Waals surface area (Å²) in [5.41, 5.74) is 0.387. The van der Waals surface area contributed by atoms with Crippen molar-refractivity contribution in [1.29, 1.82) is 0 Å². The Labute approximate surface area is 178 Å². The lowest BCUT2D eigenvalue weighted by atomic mass is 10.3. The number of hydrogen-bond acceptors (Lipinski definition) is 6. The molecule has 0 aliphatic carbocycles. The van der Waals surface area contributed by atoms with Gasteiger partial charge in [0.25, 0.3) is 10.0 Å². The molecule has 0 atom stereocenters. The monoisotopic (exact) mass is 441 g/mol. The molecule has 2 heterocycles. The molecule has 2 aromatic carbocycles. The Morgan fingerprint density at radius 2 is 1.83 bits per heavy atom. The number of rotatable bonds is 6. The molecule has 8 nitrogen and oxygen atoms in total. The maximum Gasteiger partial charge on any atom is 0.261 e. The van der Waals surface area contributed by atoms with Gasteiger partial charge in [0, 0.05) is 29.2 Å². The van der Waals surface area contributed by atoms with Crippen LogP contribution < -0.4 is 9.46 Å². The van der Waals surface area contributed by atoms with Crippen LogP contribution in [0.25, 0.3) is 5.82 Å². The normalized spacial score (nSPS) is 11.3. The summed E-state index contributed by atoms with van der Waals surface area (Å²) in [4.78, 5) is 8.68. The molecular weight excluding hydrogens is 426 g/mol. The van der Waals surface area contributed by atoms with E-state index in [1.54, 1.807) is 72.5 Å². The summed E-state index contributed by atoms with van der Waals surface area (Å²) in [6, 6.07) is 16.0. The molecule has 10 heteroatoms. The minimum atomic E-state index is -3.75. The largest absolute Gasteiger partial charge is 0.439 e. The molecule has 0 radical (unpaired) electrons. The average molecular weight is 442 g/mol. The van der Waals surface area contributed by atoms with E-state index >= 15 is 0 Å². The lowest BCUT2D eigenvalue weighted by molar-refractivity contribution is 0.459. The smallest absolute Gasteiger partial charge is 0.261 e. The first-order valence-corrected chi connectivity index (χ1v) is 10.7. The van der Waals surface area contributed by atoms with Crippen molar-refractivity contribution in [3.63, 3.8) is 0 Å². The zero-order chi connectivity index (χ0) is 21.1. The van der Waals surface area contributed by atoms with Crippen molar-refractivity contribution in [2.75, 3.05) is 4.72 Å². The summed E-state index contributed by atoms with van der Waals surface area (Å²) < 4.78 is 34.9. The number of nitrogens with one attached hydrogen (secondary N) is 1. The summed E-state index contributed by atoms with van der Waals surface area (Å²) >= 11 is 5.88. The Balaban J connectivity index is 1.51. The molecule has 0 spiro atoms. The molecule has 0 saturated carbocycles. The quantitative estimate of drug-likeness (QED) is 0.481. The fourth-order valence-corrected chi connectivity index (χ4v) is 4.02. The average Bonchev–Trinajstić information content (AvgIpc) is 3.24. The third-order valence-corrected chi connectivity index (χ3v) is 5.59. The second-order valence-corrected chi connectivity index (χ2v) is 8.37. The summed E-state index contributed by atoms with van der Waals surface area (Å²) in [7, 11) is -3.75. The van der Waals surface area contributed by atoms with Crippen LogP contribution in [-0.2, 0) is 10.0 Å². The van der Waals surface area contributed by atoms with Crippen LogP contribution in [0, 0.1) is 6.92 Å². The number of nitrogens with zero attached hydrogens (tertiary/aromatic N) is 4. The number of benzene rings is 2. The number of halogens is 1. The summed E-state index contributed by atoms with van der Waals surface area (Å²) in [5.74, 6) is 1.95. The molecule has 0 bridgehead atoms. The third kappa shape index (κ3) is 4.58. The van der Waals surface area contributed by atoms with Gasteiger partial charge in [-0.25, -0.2) is 18.1 Å². The van der Waals surface area contributed by atoms with Crippen molar-refractivity contribution in [2.45, 2.75) is 11.8 Å². The first-order valence-electron chi connectivity index (χ1n) is 8.81. The molecule has 0 aliphatic heterocycles. The third-order valence-electron chi connectivity index (χ3n) is 3.98. The van der Waals surface area contributed by atoms with Gasteiger partial charge in [-0.1, -0.05) is 17.7 Å². The molecule has 4 rings (SSSR count). The van der Waals surface area contributed by atoms with Crippen molar-refractivity contribution < 1.29 is 13.2 Å². The van der Waals surface area contributed by atoms with E-state index in [4.69, 9.17) is 16.3 Å². The Morgan fingerprint density at radius 3 is 2.53 bits per heavy atom. The number of anilines is 1. The number of aromatic nitrogens is 4. The van der Waals surface area contributed by atoms with Gasteiger partial charge in [0.05, 0.1) is 4.90 Å². The molecule has 0 amide bonds. The minimum Gasteiger partial charge on any atom is -0.439 e. The number of sulfonamides is 1. The van der Waals surface area contributed by atoms with Gasteiger partial charge in [0.2, 0.25) is 5.88 Å². The van der Waals surface area contributed by atoms with Crippen molar-refractivity contribution >= 4 is 27.3 Å². The van der Waals surface area contributed by atoms with Crippen molar-refractivity contribution in [3.8, 4) is 17.4 Å². The van der Waals surface area contributed by atoms with E-state index in [1.165, 1.54) is 12.1 Å². The first kappa shape index (κ1) is 19.9. The van der Waals surface area contributed by atoms with Crippen LogP contribution in [0.4, 0.5) is 5.69 Å². The fraction of sp³-hybridized carbons (Fsp3) is 0.0500. The summed E-state index contributed by atoms with van der Waals surface area (Å²) in [5, 5.41) is 4.49. The van der Waals surface area contributed by atoms with Crippen LogP contribution in [0.3, 0.4) is 0 Å². The van der Waals surface area contributed by atoms with Gasteiger partial charge in [0.15, 0.2) is 5.82 Å². The van der Waals surface area contributed by atoms with E-state index < -0.39 is 10.0 Å². The van der Waals surface area contributed by atoms with Crippen LogP contribution in [0.15, 0.2) is 78.0 Å². The molecule has 0 aliphatic rings. The fourth-order valence-electron chi connectivity index (χ4n) is 2.66. The van der Waals surface area contributed by atoms with Gasteiger partial charge in [-0.05, 0) is 55.5 Å². The predicted molar refractivity (Wildman–Crippen MR) is 113 cm³/mol. The Morgan fingerprint density at radius 1 is 1.03 bits per heavy atom. The maximum atomic E-state index is 12.5. The van der Waals surface area contributed by atoms with Gasteiger partial charge in [-0.2, -0.15) is 10.1 Å². The van der Waals surface area contributed by atoms with Crippen LogP contribution in [-0.4, -0.2) is 28.2 Å². The molecular formula is C20H16ClN5O3S. The second-order valence-electron chi connectivity index (χ2n) is 6.25. The van der Waals surface area contributed by atoms with E-state index in [-0.39, 0.29) is 4.90 Å². The maximum absolute atomic E-state index is 12.5. The van der Waals surface area contributed by atoms with Gasteiger partial charge < -0.3 is 4.74 Å². The highest BCUT2D eigenvalue weighted by Crippen LogP contribution is 2.25. The van der Waals surface area contributed by atoms with Crippen LogP contribution in [0.1, 0.15) is 5.82 Å². The van der Waals surface area contributed by atoms with Crippen molar-refractivity contribution in [2.24, 2.45) is 0 Å². The molecule has 0 fully saturated rings. The van der Waals surface area contributed by atoms with E-state index in [0.717, 1.165) is 0 Å². The molecule has 0 saturated heterocycles. The van der Waals surface area contributed by atoms with Gasteiger partial charge in [-0.3, -0.25) is 4.72 Å². The van der Waals surface area contributed by atoms with E-state index in [0.29, 0.717) is 34.0 Å². The van der Waals surface area contributed by atoms with Gasteiger partial charge in [-0.15, -0.1) is 0 Å². The first-order chi connectivity index (χ1) is 14.4. The van der Waals surface area contributed by atoms with Crippen LogP contribution in [0.2, 0.25) is 5.02 Å². The highest BCUT2D eigenvalue weighted by atomic mass is 35.5. The van der Waals surface area contributed by atoms with E-state index in [2.05, 4.69) is 19.8 Å². The van der Waals surface area contributed by atoms with Crippen LogP contribution in [0.5, 0.6) is 11.6 Å². The Hall–Kier alpha value is -3.43. The van der Waals surface area contributed by atoms with E-state index in [1.807, 2.05) is 0 Å². The standard InChI is InChI=1S/C20H16ClN5O3S/c1-14-23-19(26-11-3-10-22-26)13-20(24-14)29-17-8-6-16(7-9-17)25-30(27,28)18-5-2-4-15(21)12-18/h2-13,25H,1H3. The molecule has 1 N–H and O–H groups in total. The molecule has 4 aromatic rings. The summed E-state index contributed by atoms with van der Waals surface area (Å²) in [6.07, 6.45) is 3.42. The molecule has 30 heavy (non-hydrogen) atoms. The highest BCUT2D eigenvalue weighted by Gasteiger charge is 2.14. The lowest BCUT2D eigenvalue weighted by Crippen LogP contribution is -2.12. The van der Waals surface area contributed by atoms with Crippen molar-refractivity contribution in [3.05, 3.63) is 83.9 Å². The summed E-state index contributed by atoms with van der Waals surface area (Å²) in [6.45, 7) is 1.76. The van der Waals surface area contributed by atoms with Gasteiger partial charge in [0.1, 0.15) is 11.6 Å². The minimum absolute atomic E-state index is 0.0814. The molecule has 2 aromatic heterocycles. The topological polar surface area (TPSA) is 99.0 Å². The number of ether oxygens (including phenoxy) is 1. The van der Waals surface area contributed by atoms with E-state index in [9.17, 15) is 8.42 Å². The zero-order valence-electron chi connectivity index (χ0n) is 15.7. The number of hydrogen-bond donors (Lipinski definition) is 1. The SMILES string of the molecule is Cc1nc(Oc2ccc(NS(=O)(=O)c3cccc(Cl)c3)cc2)cc(-n2cccn2)n1. The highest BCUT2D eigenvalue weighted by molar-refractivity contribution is 7.92. The van der Waals surface area contributed by atoms with Crippen LogP contribution >= 0.6 is 11.6 Å². The molecule has 0 unspecified atom stereocenters. The second kappa shape index (κ2) is 8.13. The lowest BCUT2D eigenvalue weighted by Gasteiger charge is -2.10. The Bertz CT molecular complexity index is 1280. The zero-order valence-corrected chi connectivity index (χ0v) is 17.3.